The van der Waals surface area contributed by atoms with Crippen molar-refractivity contribution in [2.45, 2.75) is 46.1 Å². The summed E-state index contributed by atoms with van der Waals surface area (Å²) in [5.74, 6) is 0.0580. The van der Waals surface area contributed by atoms with E-state index in [1.165, 1.54) is 24.2 Å². The molecule has 1 aromatic carbocycles. The third kappa shape index (κ3) is 3.74. The van der Waals surface area contributed by atoms with Crippen molar-refractivity contribution in [3.63, 3.8) is 0 Å². The molecule has 0 aliphatic carbocycles. The van der Waals surface area contributed by atoms with E-state index in [0.717, 1.165) is 23.4 Å². The molecule has 20 heavy (non-hydrogen) atoms. The summed E-state index contributed by atoms with van der Waals surface area (Å²) in [5, 5.41) is 3.60. The molecule has 0 bridgehead atoms. The van der Waals surface area contributed by atoms with E-state index >= 15 is 0 Å². The number of amides is 1. The Kier molecular flexibility index (Phi) is 5.06. The maximum atomic E-state index is 12.2. The summed E-state index contributed by atoms with van der Waals surface area (Å²) in [6, 6.07) is 4.50. The van der Waals surface area contributed by atoms with E-state index in [4.69, 9.17) is 11.6 Å². The van der Waals surface area contributed by atoms with Gasteiger partial charge < -0.3 is 10.2 Å². The molecular weight excluding hydrogens is 272 g/mol. The molecule has 3 nitrogen and oxygen atoms in total. The standard InChI is InChI=1S/C16H23ClN2O/c1-11-8-12(2)16(14(17)9-11)18-15(20)10-19-7-5-4-6-13(19)3/h8-9,13H,4-7,10H2,1-3H3,(H,18,20)/p+1/t13-/m1/s1. The van der Waals surface area contributed by atoms with Crippen LogP contribution in [-0.4, -0.2) is 25.0 Å². The second-order valence-electron chi connectivity index (χ2n) is 5.97. The average Bonchev–Trinajstić information content (AvgIpc) is 2.36. The zero-order valence-corrected chi connectivity index (χ0v) is 13.3. The van der Waals surface area contributed by atoms with Crippen molar-refractivity contribution in [3.05, 3.63) is 28.3 Å². The Hall–Kier alpha value is -1.06. The van der Waals surface area contributed by atoms with Crippen LogP contribution in [0.1, 0.15) is 37.3 Å². The van der Waals surface area contributed by atoms with Crippen molar-refractivity contribution >= 4 is 23.2 Å². The number of piperidine rings is 1. The fraction of sp³-hybridized carbons (Fsp3) is 0.562. The average molecular weight is 296 g/mol. The van der Waals surface area contributed by atoms with Gasteiger partial charge in [0.05, 0.1) is 23.3 Å². The van der Waals surface area contributed by atoms with E-state index in [2.05, 4.69) is 12.2 Å². The number of quaternary nitrogens is 1. The molecule has 0 aromatic heterocycles. The van der Waals surface area contributed by atoms with Gasteiger partial charge in [0.25, 0.3) is 5.91 Å². The summed E-state index contributed by atoms with van der Waals surface area (Å²) in [6.45, 7) is 7.83. The molecule has 0 radical (unpaired) electrons. The van der Waals surface area contributed by atoms with Crippen molar-refractivity contribution in [2.75, 3.05) is 18.4 Å². The van der Waals surface area contributed by atoms with Gasteiger partial charge in [0.1, 0.15) is 0 Å². The minimum Gasteiger partial charge on any atom is -0.325 e. The fourth-order valence-corrected chi connectivity index (χ4v) is 3.35. The molecule has 110 valence electrons. The molecule has 1 amide bonds. The van der Waals surface area contributed by atoms with Gasteiger partial charge >= 0.3 is 0 Å². The number of aryl methyl sites for hydroxylation is 2. The molecule has 0 spiro atoms. The molecule has 4 heteroatoms. The van der Waals surface area contributed by atoms with Crippen molar-refractivity contribution in [1.29, 1.82) is 0 Å². The Labute approximate surface area is 126 Å². The summed E-state index contributed by atoms with van der Waals surface area (Å²) in [7, 11) is 0. The van der Waals surface area contributed by atoms with Crippen LogP contribution in [-0.2, 0) is 4.79 Å². The molecule has 1 fully saturated rings. The van der Waals surface area contributed by atoms with Crippen LogP contribution in [0.5, 0.6) is 0 Å². The lowest BCUT2D eigenvalue weighted by Gasteiger charge is -2.29. The number of benzene rings is 1. The Bertz CT molecular complexity index is 478. The minimum absolute atomic E-state index is 0.0580. The van der Waals surface area contributed by atoms with Crippen LogP contribution in [0.25, 0.3) is 0 Å². The van der Waals surface area contributed by atoms with Gasteiger partial charge in [0.2, 0.25) is 0 Å². The molecular formula is C16H24ClN2O+. The normalized spacial score (nSPS) is 22.6. The van der Waals surface area contributed by atoms with E-state index in [1.807, 2.05) is 26.0 Å². The van der Waals surface area contributed by atoms with Crippen molar-refractivity contribution in [1.82, 2.24) is 0 Å². The van der Waals surface area contributed by atoms with Crippen LogP contribution in [0.2, 0.25) is 5.02 Å². The third-order valence-corrected chi connectivity index (χ3v) is 4.46. The Balaban J connectivity index is 2.01. The molecule has 0 saturated carbocycles. The van der Waals surface area contributed by atoms with Gasteiger partial charge in [-0.15, -0.1) is 0 Å². The predicted octanol–water partition coefficient (Wildman–Crippen LogP) is 2.35. The lowest BCUT2D eigenvalue weighted by molar-refractivity contribution is -0.920. The number of anilines is 1. The van der Waals surface area contributed by atoms with Gasteiger partial charge in [-0.3, -0.25) is 4.79 Å². The summed E-state index contributed by atoms with van der Waals surface area (Å²) >= 11 is 6.23. The van der Waals surface area contributed by atoms with E-state index < -0.39 is 0 Å². The first-order chi connectivity index (χ1) is 9.47. The molecule has 2 atom stereocenters. The zero-order chi connectivity index (χ0) is 14.7. The topological polar surface area (TPSA) is 33.5 Å². The van der Waals surface area contributed by atoms with Gasteiger partial charge in [-0.05, 0) is 57.2 Å². The summed E-state index contributed by atoms with van der Waals surface area (Å²) in [6.07, 6.45) is 3.72. The number of carbonyl (C=O) groups excluding carboxylic acids is 1. The molecule has 1 unspecified atom stereocenters. The fourth-order valence-electron chi connectivity index (χ4n) is 2.98. The lowest BCUT2D eigenvalue weighted by atomic mass is 10.0. The van der Waals surface area contributed by atoms with E-state index in [-0.39, 0.29) is 5.91 Å². The maximum Gasteiger partial charge on any atom is 0.279 e. The molecule has 2 N–H and O–H groups in total. The van der Waals surface area contributed by atoms with E-state index in [1.54, 1.807) is 0 Å². The number of likely N-dealkylation sites (tertiary alicyclic amines) is 1. The van der Waals surface area contributed by atoms with Crippen LogP contribution in [0.4, 0.5) is 5.69 Å². The van der Waals surface area contributed by atoms with Crippen molar-refractivity contribution < 1.29 is 9.69 Å². The summed E-state index contributed by atoms with van der Waals surface area (Å²) in [5.41, 5.74) is 2.89. The highest BCUT2D eigenvalue weighted by Gasteiger charge is 2.24. The van der Waals surface area contributed by atoms with Crippen LogP contribution in [0.15, 0.2) is 12.1 Å². The first kappa shape index (κ1) is 15.3. The maximum absolute atomic E-state index is 12.2. The van der Waals surface area contributed by atoms with Gasteiger partial charge in [-0.25, -0.2) is 0 Å². The van der Waals surface area contributed by atoms with Crippen LogP contribution in [0, 0.1) is 13.8 Å². The Morgan fingerprint density at radius 1 is 1.40 bits per heavy atom. The number of carbonyl (C=O) groups is 1. The predicted molar refractivity (Wildman–Crippen MR) is 83.6 cm³/mol. The second-order valence-corrected chi connectivity index (χ2v) is 6.38. The zero-order valence-electron chi connectivity index (χ0n) is 12.6. The Morgan fingerprint density at radius 2 is 2.15 bits per heavy atom. The largest absolute Gasteiger partial charge is 0.325 e. The highest BCUT2D eigenvalue weighted by Crippen LogP contribution is 2.27. The van der Waals surface area contributed by atoms with Crippen LogP contribution >= 0.6 is 11.6 Å². The molecule has 1 aliphatic heterocycles. The number of hydrogen-bond acceptors (Lipinski definition) is 1. The molecule has 1 saturated heterocycles. The lowest BCUT2D eigenvalue weighted by Crippen LogP contribution is -3.17. The Morgan fingerprint density at radius 3 is 2.80 bits per heavy atom. The number of hydrogen-bond donors (Lipinski definition) is 2. The second kappa shape index (κ2) is 6.59. The van der Waals surface area contributed by atoms with E-state index in [0.29, 0.717) is 17.6 Å². The molecule has 1 heterocycles. The quantitative estimate of drug-likeness (QED) is 0.882. The highest BCUT2D eigenvalue weighted by atomic mass is 35.5. The monoisotopic (exact) mass is 295 g/mol. The van der Waals surface area contributed by atoms with Gasteiger partial charge in [0, 0.05) is 0 Å². The number of rotatable bonds is 3. The van der Waals surface area contributed by atoms with Gasteiger partial charge in [-0.1, -0.05) is 17.7 Å². The smallest absolute Gasteiger partial charge is 0.279 e. The molecule has 1 aromatic rings. The first-order valence-corrected chi connectivity index (χ1v) is 7.76. The van der Waals surface area contributed by atoms with Crippen LogP contribution < -0.4 is 10.2 Å². The summed E-state index contributed by atoms with van der Waals surface area (Å²) in [4.78, 5) is 13.6. The van der Waals surface area contributed by atoms with Crippen LogP contribution in [0.3, 0.4) is 0 Å². The highest BCUT2D eigenvalue weighted by molar-refractivity contribution is 6.34. The first-order valence-electron chi connectivity index (χ1n) is 7.38. The number of halogens is 1. The summed E-state index contributed by atoms with van der Waals surface area (Å²) < 4.78 is 0. The molecule has 2 rings (SSSR count). The SMILES string of the molecule is Cc1cc(C)c(NC(=O)C[NH+]2CCCC[C@H]2C)c(Cl)c1. The third-order valence-electron chi connectivity index (χ3n) is 4.17. The number of nitrogens with one attached hydrogen (secondary N) is 2. The van der Waals surface area contributed by atoms with Crippen molar-refractivity contribution in [2.24, 2.45) is 0 Å². The van der Waals surface area contributed by atoms with E-state index in [9.17, 15) is 4.79 Å². The molecule has 1 aliphatic rings. The van der Waals surface area contributed by atoms with Gasteiger partial charge in [0.15, 0.2) is 6.54 Å². The minimum atomic E-state index is 0.0580. The van der Waals surface area contributed by atoms with Crippen molar-refractivity contribution in [3.8, 4) is 0 Å². The van der Waals surface area contributed by atoms with Gasteiger partial charge in [-0.2, -0.15) is 0 Å².